The Balaban J connectivity index is 2.23. The number of nitrogens with one attached hydrogen (secondary N) is 1. The summed E-state index contributed by atoms with van der Waals surface area (Å²) in [6, 6.07) is -1.08. The molecule has 0 bridgehead atoms. The molecule has 0 radical (unpaired) electrons. The largest absolute Gasteiger partial charge is 0.458 e. The van der Waals surface area contributed by atoms with Crippen LogP contribution in [-0.4, -0.2) is 34.7 Å². The molecule has 28 heavy (non-hydrogen) atoms. The second kappa shape index (κ2) is 12.8. The molecular formula is C23H39NO4. The maximum atomic E-state index is 12.1. The SMILES string of the molecule is C[C@@H](O)[C@H](NC(=O)/C=C/C=C/CCCCCC1CCCC1)C(=O)OC(C)(C)C. The number of unbranched alkanes of at least 4 members (excludes halogenated alkanes) is 3. The first-order chi connectivity index (χ1) is 13.2. The minimum atomic E-state index is -1.08. The highest BCUT2D eigenvalue weighted by Gasteiger charge is 2.29. The summed E-state index contributed by atoms with van der Waals surface area (Å²) in [5.74, 6) is -0.0986. The zero-order valence-corrected chi connectivity index (χ0v) is 18.1. The van der Waals surface area contributed by atoms with E-state index in [0.717, 1.165) is 12.3 Å². The summed E-state index contributed by atoms with van der Waals surface area (Å²) in [6.45, 7) is 6.67. The van der Waals surface area contributed by atoms with Gasteiger partial charge >= 0.3 is 5.97 Å². The number of amides is 1. The minimum Gasteiger partial charge on any atom is -0.458 e. The molecule has 2 N–H and O–H groups in total. The lowest BCUT2D eigenvalue weighted by molar-refractivity contribution is -0.161. The molecule has 1 fully saturated rings. The van der Waals surface area contributed by atoms with Crippen LogP contribution in [0.15, 0.2) is 24.3 Å². The Hall–Kier alpha value is -1.62. The summed E-state index contributed by atoms with van der Waals surface area (Å²) in [5, 5.41) is 12.3. The van der Waals surface area contributed by atoms with E-state index in [9.17, 15) is 14.7 Å². The van der Waals surface area contributed by atoms with Crippen LogP contribution in [0.4, 0.5) is 0 Å². The number of allylic oxidation sites excluding steroid dienone is 3. The zero-order chi connectivity index (χ0) is 21.0. The highest BCUT2D eigenvalue weighted by Crippen LogP contribution is 2.29. The molecule has 5 heteroatoms. The van der Waals surface area contributed by atoms with Gasteiger partial charge in [0.05, 0.1) is 6.10 Å². The number of aliphatic hydroxyl groups is 1. The molecule has 0 aliphatic heterocycles. The Morgan fingerprint density at radius 2 is 1.82 bits per heavy atom. The summed E-state index contributed by atoms with van der Waals surface area (Å²) in [7, 11) is 0. The Kier molecular flexibility index (Phi) is 11.1. The standard InChI is InChI=1S/C23H39NO4/c1-18(25)21(22(27)28-23(2,3)4)24-20(26)17-11-9-7-5-6-8-10-14-19-15-12-13-16-19/h7,9,11,17-19,21,25H,5-6,8,10,12-16H2,1-4H3,(H,24,26)/b9-7+,17-11+/t18-,21+/m1/s1. The predicted octanol–water partition coefficient (Wildman–Crippen LogP) is 4.45. The Morgan fingerprint density at radius 1 is 1.14 bits per heavy atom. The van der Waals surface area contributed by atoms with Crippen molar-refractivity contribution in [2.24, 2.45) is 5.92 Å². The number of aliphatic hydroxyl groups excluding tert-OH is 1. The van der Waals surface area contributed by atoms with E-state index in [2.05, 4.69) is 11.4 Å². The lowest BCUT2D eigenvalue weighted by Crippen LogP contribution is -2.49. The van der Waals surface area contributed by atoms with E-state index < -0.39 is 29.6 Å². The second-order valence-corrected chi connectivity index (χ2v) is 8.84. The normalized spacial score (nSPS) is 17.9. The van der Waals surface area contributed by atoms with E-state index >= 15 is 0 Å². The molecule has 1 amide bonds. The zero-order valence-electron chi connectivity index (χ0n) is 18.1. The first-order valence-corrected chi connectivity index (χ1v) is 10.7. The van der Waals surface area contributed by atoms with Gasteiger partial charge in [-0.15, -0.1) is 0 Å². The van der Waals surface area contributed by atoms with Crippen LogP contribution in [0.1, 0.15) is 85.5 Å². The van der Waals surface area contributed by atoms with E-state index in [4.69, 9.17) is 4.74 Å². The molecular weight excluding hydrogens is 354 g/mol. The molecule has 0 aromatic heterocycles. The molecule has 0 aromatic carbocycles. The molecule has 1 rings (SSSR count). The van der Waals surface area contributed by atoms with Crippen LogP contribution >= 0.6 is 0 Å². The average molecular weight is 394 g/mol. The number of hydrogen-bond acceptors (Lipinski definition) is 4. The summed E-state index contributed by atoms with van der Waals surface area (Å²) in [5.41, 5.74) is -0.676. The number of hydrogen-bond donors (Lipinski definition) is 2. The third-order valence-electron chi connectivity index (χ3n) is 4.89. The fraction of sp³-hybridized carbons (Fsp3) is 0.739. The van der Waals surface area contributed by atoms with Crippen molar-refractivity contribution in [1.82, 2.24) is 5.32 Å². The smallest absolute Gasteiger partial charge is 0.331 e. The highest BCUT2D eigenvalue weighted by molar-refractivity contribution is 5.92. The lowest BCUT2D eigenvalue weighted by atomic mass is 9.99. The predicted molar refractivity (Wildman–Crippen MR) is 113 cm³/mol. The first kappa shape index (κ1) is 24.4. The Labute approximate surface area is 170 Å². The number of carbonyl (C=O) groups excluding carboxylic acids is 2. The van der Waals surface area contributed by atoms with Crippen LogP contribution in [0.5, 0.6) is 0 Å². The van der Waals surface area contributed by atoms with Crippen molar-refractivity contribution >= 4 is 11.9 Å². The molecule has 0 unspecified atom stereocenters. The minimum absolute atomic E-state index is 0.432. The molecule has 1 aliphatic carbocycles. The molecule has 1 saturated carbocycles. The van der Waals surface area contributed by atoms with E-state index in [1.54, 1.807) is 26.8 Å². The third-order valence-corrected chi connectivity index (χ3v) is 4.89. The van der Waals surface area contributed by atoms with Gasteiger partial charge in [0.1, 0.15) is 5.60 Å². The molecule has 2 atom stereocenters. The van der Waals surface area contributed by atoms with Gasteiger partial charge in [0, 0.05) is 6.08 Å². The van der Waals surface area contributed by atoms with Crippen molar-refractivity contribution < 1.29 is 19.4 Å². The topological polar surface area (TPSA) is 75.6 Å². The first-order valence-electron chi connectivity index (χ1n) is 10.7. The molecule has 5 nitrogen and oxygen atoms in total. The summed E-state index contributed by atoms with van der Waals surface area (Å²) in [6.07, 6.45) is 17.7. The van der Waals surface area contributed by atoms with Gasteiger partial charge in [-0.1, -0.05) is 63.2 Å². The van der Waals surface area contributed by atoms with Crippen molar-refractivity contribution in [2.75, 3.05) is 0 Å². The van der Waals surface area contributed by atoms with Gasteiger partial charge in [0.15, 0.2) is 6.04 Å². The van der Waals surface area contributed by atoms with Crippen LogP contribution in [0.25, 0.3) is 0 Å². The summed E-state index contributed by atoms with van der Waals surface area (Å²) < 4.78 is 5.23. The maximum Gasteiger partial charge on any atom is 0.331 e. The van der Waals surface area contributed by atoms with Crippen molar-refractivity contribution in [3.8, 4) is 0 Å². The summed E-state index contributed by atoms with van der Waals surface area (Å²) >= 11 is 0. The highest BCUT2D eigenvalue weighted by atomic mass is 16.6. The van der Waals surface area contributed by atoms with E-state index in [1.807, 2.05) is 6.08 Å². The van der Waals surface area contributed by atoms with Crippen molar-refractivity contribution in [1.29, 1.82) is 0 Å². The van der Waals surface area contributed by atoms with Gasteiger partial charge in [-0.05, 0) is 46.5 Å². The average Bonchev–Trinajstić information content (AvgIpc) is 3.09. The third kappa shape index (κ3) is 11.3. The monoisotopic (exact) mass is 393 g/mol. The molecule has 0 aromatic rings. The van der Waals surface area contributed by atoms with E-state index in [0.29, 0.717) is 0 Å². The lowest BCUT2D eigenvalue weighted by Gasteiger charge is -2.25. The van der Waals surface area contributed by atoms with Crippen LogP contribution < -0.4 is 5.32 Å². The Bertz CT molecular complexity index is 525. The van der Waals surface area contributed by atoms with Gasteiger partial charge < -0.3 is 15.2 Å². The van der Waals surface area contributed by atoms with E-state index in [1.165, 1.54) is 64.4 Å². The van der Waals surface area contributed by atoms with Crippen molar-refractivity contribution in [3.63, 3.8) is 0 Å². The Morgan fingerprint density at radius 3 is 2.43 bits per heavy atom. The van der Waals surface area contributed by atoms with Crippen LogP contribution in [-0.2, 0) is 14.3 Å². The number of carbonyl (C=O) groups is 2. The summed E-state index contributed by atoms with van der Waals surface area (Å²) in [4.78, 5) is 24.1. The van der Waals surface area contributed by atoms with Crippen molar-refractivity contribution in [3.05, 3.63) is 24.3 Å². The maximum absolute atomic E-state index is 12.1. The van der Waals surface area contributed by atoms with Crippen LogP contribution in [0.3, 0.4) is 0 Å². The number of esters is 1. The second-order valence-electron chi connectivity index (χ2n) is 8.84. The van der Waals surface area contributed by atoms with Gasteiger partial charge in [-0.3, -0.25) is 4.79 Å². The van der Waals surface area contributed by atoms with Crippen LogP contribution in [0.2, 0.25) is 0 Å². The molecule has 0 heterocycles. The van der Waals surface area contributed by atoms with Gasteiger partial charge in [0.25, 0.3) is 0 Å². The van der Waals surface area contributed by atoms with Gasteiger partial charge in [-0.2, -0.15) is 0 Å². The van der Waals surface area contributed by atoms with Crippen LogP contribution in [0, 0.1) is 5.92 Å². The van der Waals surface area contributed by atoms with Crippen molar-refractivity contribution in [2.45, 2.75) is 103 Å². The van der Waals surface area contributed by atoms with Gasteiger partial charge in [-0.25, -0.2) is 4.79 Å². The molecule has 1 aliphatic rings. The number of rotatable bonds is 11. The quantitative estimate of drug-likeness (QED) is 0.235. The molecule has 160 valence electrons. The molecule has 0 saturated heterocycles. The van der Waals surface area contributed by atoms with Gasteiger partial charge in [0.2, 0.25) is 5.91 Å². The number of ether oxygens (including phenoxy) is 1. The molecule has 0 spiro atoms. The van der Waals surface area contributed by atoms with E-state index in [-0.39, 0.29) is 0 Å². The fourth-order valence-corrected chi connectivity index (χ4v) is 3.43. The fourth-order valence-electron chi connectivity index (χ4n) is 3.43.